The normalized spacial score (nSPS) is 17.5. The van der Waals surface area contributed by atoms with Crippen LogP contribution in [0.25, 0.3) is 0 Å². The highest BCUT2D eigenvalue weighted by Gasteiger charge is 2.50. The molecule has 2 aromatic heterocycles. The molecule has 1 amide bonds. The first kappa shape index (κ1) is 13.9. The van der Waals surface area contributed by atoms with Crippen molar-refractivity contribution in [3.8, 4) is 0 Å². The van der Waals surface area contributed by atoms with E-state index in [4.69, 9.17) is 0 Å². The van der Waals surface area contributed by atoms with Gasteiger partial charge in [0.2, 0.25) is 5.91 Å². The molecule has 0 radical (unpaired) electrons. The minimum Gasteiger partial charge on any atom is -0.349 e. The maximum absolute atomic E-state index is 12.6. The van der Waals surface area contributed by atoms with Crippen LogP contribution in [0.5, 0.6) is 0 Å². The summed E-state index contributed by atoms with van der Waals surface area (Å²) in [5.41, 5.74) is 1.78. The fourth-order valence-electron chi connectivity index (χ4n) is 2.81. The van der Waals surface area contributed by atoms with E-state index in [-0.39, 0.29) is 17.4 Å². The molecule has 21 heavy (non-hydrogen) atoms. The Morgan fingerprint density at radius 1 is 1.52 bits per heavy atom. The molecule has 0 saturated heterocycles. The minimum atomic E-state index is -0.259. The van der Waals surface area contributed by atoms with Gasteiger partial charge in [0.15, 0.2) is 0 Å². The highest BCUT2D eigenvalue weighted by Crippen LogP contribution is 2.47. The molecular weight excluding hydrogens is 266 g/mol. The average Bonchev–Trinajstić information content (AvgIpc) is 2.86. The van der Waals surface area contributed by atoms with E-state index in [1.807, 2.05) is 37.9 Å². The highest BCUT2D eigenvalue weighted by atomic mass is 16.2. The van der Waals surface area contributed by atoms with Crippen LogP contribution in [0.1, 0.15) is 37.1 Å². The van der Waals surface area contributed by atoms with Crippen LogP contribution in [-0.4, -0.2) is 25.2 Å². The van der Waals surface area contributed by atoms with E-state index in [2.05, 4.69) is 15.4 Å². The number of carbonyl (C=O) groups is 1. The molecule has 0 spiro atoms. The number of nitrogens with zero attached hydrogens (tertiary/aromatic N) is 4. The molecule has 6 heteroatoms. The Balaban J connectivity index is 1.67. The number of aromatic nitrogens is 4. The molecule has 0 aliphatic heterocycles. The van der Waals surface area contributed by atoms with Gasteiger partial charge in [0, 0.05) is 37.7 Å². The molecule has 0 unspecified atom stereocenters. The first-order chi connectivity index (χ1) is 10.00. The lowest BCUT2D eigenvalue weighted by molar-refractivity contribution is -0.127. The van der Waals surface area contributed by atoms with Crippen molar-refractivity contribution in [1.82, 2.24) is 24.6 Å². The van der Waals surface area contributed by atoms with Crippen LogP contribution in [0.15, 0.2) is 24.9 Å². The maximum atomic E-state index is 12.6. The molecule has 3 rings (SSSR count). The first-order valence-electron chi connectivity index (χ1n) is 7.27. The lowest BCUT2D eigenvalue weighted by Crippen LogP contribution is -2.36. The Hall–Kier alpha value is -2.11. The number of aryl methyl sites for hydroxylation is 2. The summed E-state index contributed by atoms with van der Waals surface area (Å²) in [4.78, 5) is 16.6. The number of imidazole rings is 1. The van der Waals surface area contributed by atoms with Gasteiger partial charge < -0.3 is 9.88 Å². The van der Waals surface area contributed by atoms with Crippen LogP contribution in [0.2, 0.25) is 0 Å². The van der Waals surface area contributed by atoms with E-state index < -0.39 is 0 Å². The molecule has 1 atom stereocenters. The Kier molecular flexibility index (Phi) is 3.31. The Morgan fingerprint density at radius 2 is 2.29 bits per heavy atom. The molecule has 0 bridgehead atoms. The summed E-state index contributed by atoms with van der Waals surface area (Å²) < 4.78 is 3.76. The van der Waals surface area contributed by atoms with Crippen molar-refractivity contribution in [3.05, 3.63) is 36.2 Å². The van der Waals surface area contributed by atoms with E-state index >= 15 is 0 Å². The molecule has 1 aliphatic rings. The Morgan fingerprint density at radius 3 is 2.81 bits per heavy atom. The van der Waals surface area contributed by atoms with Crippen molar-refractivity contribution in [3.63, 3.8) is 0 Å². The number of hydrogen-bond donors (Lipinski definition) is 1. The van der Waals surface area contributed by atoms with Gasteiger partial charge in [-0.25, -0.2) is 4.98 Å². The molecule has 2 aromatic rings. The van der Waals surface area contributed by atoms with Crippen LogP contribution in [-0.2, 0) is 18.4 Å². The third-order valence-electron chi connectivity index (χ3n) is 4.25. The zero-order valence-corrected chi connectivity index (χ0v) is 12.7. The second-order valence-corrected chi connectivity index (χ2v) is 6.05. The molecule has 1 fully saturated rings. The summed E-state index contributed by atoms with van der Waals surface area (Å²) in [7, 11) is 1.90. The van der Waals surface area contributed by atoms with Gasteiger partial charge in [-0.05, 0) is 26.7 Å². The quantitative estimate of drug-likeness (QED) is 0.908. The van der Waals surface area contributed by atoms with E-state index in [0.29, 0.717) is 6.54 Å². The fourth-order valence-corrected chi connectivity index (χ4v) is 2.81. The third-order valence-corrected chi connectivity index (χ3v) is 4.25. The van der Waals surface area contributed by atoms with Crippen LogP contribution >= 0.6 is 0 Å². The number of nitrogens with one attached hydrogen (secondary N) is 1. The van der Waals surface area contributed by atoms with Crippen LogP contribution < -0.4 is 5.32 Å². The molecule has 112 valence electrons. The molecule has 0 aromatic carbocycles. The van der Waals surface area contributed by atoms with Crippen molar-refractivity contribution < 1.29 is 4.79 Å². The van der Waals surface area contributed by atoms with Crippen molar-refractivity contribution >= 4 is 5.91 Å². The minimum absolute atomic E-state index is 0.0218. The molecule has 1 saturated carbocycles. The summed E-state index contributed by atoms with van der Waals surface area (Å²) in [6, 6.07) is -0.0218. The van der Waals surface area contributed by atoms with E-state index in [1.54, 1.807) is 17.2 Å². The second-order valence-electron chi connectivity index (χ2n) is 6.05. The average molecular weight is 287 g/mol. The summed E-state index contributed by atoms with van der Waals surface area (Å²) in [5.74, 6) is 0.131. The molecule has 1 aliphatic carbocycles. The highest BCUT2D eigenvalue weighted by molar-refractivity contribution is 5.85. The predicted octanol–water partition coefficient (Wildman–Crippen LogP) is 1.58. The van der Waals surface area contributed by atoms with Gasteiger partial charge in [-0.2, -0.15) is 5.10 Å². The van der Waals surface area contributed by atoms with Crippen molar-refractivity contribution in [2.24, 2.45) is 12.5 Å². The largest absolute Gasteiger partial charge is 0.349 e. The van der Waals surface area contributed by atoms with E-state index in [9.17, 15) is 4.79 Å². The third kappa shape index (κ3) is 2.70. The number of amides is 1. The van der Waals surface area contributed by atoms with Gasteiger partial charge >= 0.3 is 0 Å². The smallest absolute Gasteiger partial charge is 0.228 e. The predicted molar refractivity (Wildman–Crippen MR) is 78.4 cm³/mol. The zero-order chi connectivity index (χ0) is 15.0. The van der Waals surface area contributed by atoms with Gasteiger partial charge in [-0.15, -0.1) is 0 Å². The first-order valence-corrected chi connectivity index (χ1v) is 7.27. The van der Waals surface area contributed by atoms with Crippen LogP contribution in [0.3, 0.4) is 0 Å². The summed E-state index contributed by atoms with van der Waals surface area (Å²) >= 11 is 0. The SMILES string of the molecule is Cc1nn(C)cc1[C@H](C)NC(=O)C1(Cn2ccnc2)CC1. The lowest BCUT2D eigenvalue weighted by Gasteiger charge is -2.19. The second kappa shape index (κ2) is 5.02. The Bertz CT molecular complexity index is 639. The summed E-state index contributed by atoms with van der Waals surface area (Å²) in [5, 5.41) is 7.47. The summed E-state index contributed by atoms with van der Waals surface area (Å²) in [6.45, 7) is 4.68. The van der Waals surface area contributed by atoms with Crippen molar-refractivity contribution in [2.75, 3.05) is 0 Å². The van der Waals surface area contributed by atoms with Gasteiger partial charge in [0.25, 0.3) is 0 Å². The molecular formula is C15H21N5O. The van der Waals surface area contributed by atoms with Crippen LogP contribution in [0.4, 0.5) is 0 Å². The standard InChI is InChI=1S/C15H21N5O/c1-11(13-8-19(3)18-12(13)2)17-14(21)15(4-5-15)9-20-7-6-16-10-20/h6-8,10-11H,4-5,9H2,1-3H3,(H,17,21)/t11-/m0/s1. The lowest BCUT2D eigenvalue weighted by atomic mass is 10.0. The monoisotopic (exact) mass is 287 g/mol. The van der Waals surface area contributed by atoms with Crippen molar-refractivity contribution in [2.45, 2.75) is 39.3 Å². The number of rotatable bonds is 5. The zero-order valence-electron chi connectivity index (χ0n) is 12.7. The molecule has 1 N–H and O–H groups in total. The maximum Gasteiger partial charge on any atom is 0.228 e. The molecule has 2 heterocycles. The van der Waals surface area contributed by atoms with Gasteiger partial charge in [0.1, 0.15) is 0 Å². The number of carbonyl (C=O) groups excluding carboxylic acids is 1. The van der Waals surface area contributed by atoms with Crippen molar-refractivity contribution in [1.29, 1.82) is 0 Å². The van der Waals surface area contributed by atoms with Gasteiger partial charge in [0.05, 0.1) is 23.5 Å². The van der Waals surface area contributed by atoms with Crippen LogP contribution in [0, 0.1) is 12.3 Å². The van der Waals surface area contributed by atoms with E-state index in [1.165, 1.54) is 0 Å². The van der Waals surface area contributed by atoms with E-state index in [0.717, 1.165) is 24.1 Å². The van der Waals surface area contributed by atoms with Gasteiger partial charge in [-0.1, -0.05) is 0 Å². The molecule has 6 nitrogen and oxygen atoms in total. The van der Waals surface area contributed by atoms with Gasteiger partial charge in [-0.3, -0.25) is 9.48 Å². The number of hydrogen-bond acceptors (Lipinski definition) is 3. The summed E-state index contributed by atoms with van der Waals surface area (Å²) in [6.07, 6.45) is 9.26. The fraction of sp³-hybridized carbons (Fsp3) is 0.533. The Labute approximate surface area is 124 Å². The topological polar surface area (TPSA) is 64.7 Å².